The Hall–Kier alpha value is -3.00. The normalized spacial score (nSPS) is 10.6. The number of amides is 3. The first-order chi connectivity index (χ1) is 13.4. The number of carbonyl (C=O) groups excluding carboxylic acids is 2. The van der Waals surface area contributed by atoms with Crippen LogP contribution in [0.25, 0.3) is 0 Å². The molecular formula is C20H24F2N4O2. The summed E-state index contributed by atoms with van der Waals surface area (Å²) >= 11 is 0. The lowest BCUT2D eigenvalue weighted by molar-refractivity contribution is 0.0949. The van der Waals surface area contributed by atoms with Crippen LogP contribution in [0.2, 0.25) is 0 Å². The molecule has 3 amide bonds. The summed E-state index contributed by atoms with van der Waals surface area (Å²) in [7, 11) is 0. The van der Waals surface area contributed by atoms with E-state index in [1.807, 2.05) is 0 Å². The molecule has 0 bridgehead atoms. The molecule has 2 aromatic carbocycles. The molecule has 2 rings (SSSR count). The Balaban J connectivity index is 1.86. The maximum atomic E-state index is 13.6. The Morgan fingerprint density at radius 1 is 0.964 bits per heavy atom. The molecule has 0 aliphatic carbocycles. The zero-order chi connectivity index (χ0) is 20.5. The van der Waals surface area contributed by atoms with Gasteiger partial charge in [-0.3, -0.25) is 4.79 Å². The second-order valence-corrected chi connectivity index (χ2v) is 6.06. The number of halogens is 2. The maximum absolute atomic E-state index is 13.6. The van der Waals surface area contributed by atoms with Crippen molar-refractivity contribution in [3.63, 3.8) is 0 Å². The SMILES string of the molecule is CCN(CC)CCNC(=O)c1ccc(NC(=O)Nc2ccc(F)cc2F)cc1. The molecule has 0 aliphatic heterocycles. The number of rotatable bonds is 8. The minimum Gasteiger partial charge on any atom is -0.351 e. The Morgan fingerprint density at radius 3 is 2.25 bits per heavy atom. The van der Waals surface area contributed by atoms with Gasteiger partial charge < -0.3 is 20.9 Å². The van der Waals surface area contributed by atoms with Gasteiger partial charge in [-0.1, -0.05) is 13.8 Å². The van der Waals surface area contributed by atoms with Crippen molar-refractivity contribution >= 4 is 23.3 Å². The van der Waals surface area contributed by atoms with E-state index in [1.165, 1.54) is 0 Å². The Bertz CT molecular complexity index is 808. The molecule has 0 saturated heterocycles. The van der Waals surface area contributed by atoms with Crippen molar-refractivity contribution in [3.8, 4) is 0 Å². The van der Waals surface area contributed by atoms with Crippen LogP contribution in [0.3, 0.4) is 0 Å². The summed E-state index contributed by atoms with van der Waals surface area (Å²) in [5, 5.41) is 7.67. The first-order valence-corrected chi connectivity index (χ1v) is 9.06. The van der Waals surface area contributed by atoms with E-state index in [0.29, 0.717) is 23.9 Å². The standard InChI is InChI=1S/C20H24F2N4O2/c1-3-26(4-2)12-11-23-19(27)14-5-8-16(9-6-14)24-20(28)25-18-10-7-15(21)13-17(18)22/h5-10,13H,3-4,11-12H2,1-2H3,(H,23,27)(H2,24,25,28). The van der Waals surface area contributed by atoms with Gasteiger partial charge in [-0.15, -0.1) is 0 Å². The van der Waals surface area contributed by atoms with Crippen LogP contribution in [-0.2, 0) is 0 Å². The van der Waals surface area contributed by atoms with Gasteiger partial charge in [-0.2, -0.15) is 0 Å². The summed E-state index contributed by atoms with van der Waals surface area (Å²) in [5.41, 5.74) is 0.762. The second-order valence-electron chi connectivity index (χ2n) is 6.06. The summed E-state index contributed by atoms with van der Waals surface area (Å²) in [6.07, 6.45) is 0. The van der Waals surface area contributed by atoms with E-state index >= 15 is 0 Å². The van der Waals surface area contributed by atoms with Crippen LogP contribution >= 0.6 is 0 Å². The molecule has 0 aliphatic rings. The van der Waals surface area contributed by atoms with Crippen molar-refractivity contribution < 1.29 is 18.4 Å². The van der Waals surface area contributed by atoms with E-state index in [1.54, 1.807) is 24.3 Å². The number of carbonyl (C=O) groups is 2. The number of benzene rings is 2. The van der Waals surface area contributed by atoms with Gasteiger partial charge in [0, 0.05) is 30.4 Å². The van der Waals surface area contributed by atoms with Crippen molar-refractivity contribution in [1.29, 1.82) is 0 Å². The molecule has 0 fully saturated rings. The molecule has 2 aromatic rings. The average molecular weight is 390 g/mol. The largest absolute Gasteiger partial charge is 0.351 e. The lowest BCUT2D eigenvalue weighted by Gasteiger charge is -2.18. The number of hydrogen-bond acceptors (Lipinski definition) is 3. The fourth-order valence-electron chi connectivity index (χ4n) is 2.55. The maximum Gasteiger partial charge on any atom is 0.323 e. The van der Waals surface area contributed by atoms with E-state index < -0.39 is 17.7 Å². The lowest BCUT2D eigenvalue weighted by Crippen LogP contribution is -2.34. The highest BCUT2D eigenvalue weighted by Gasteiger charge is 2.10. The van der Waals surface area contributed by atoms with Crippen LogP contribution in [0.1, 0.15) is 24.2 Å². The molecule has 0 radical (unpaired) electrons. The highest BCUT2D eigenvalue weighted by Crippen LogP contribution is 2.16. The van der Waals surface area contributed by atoms with E-state index in [-0.39, 0.29) is 11.6 Å². The van der Waals surface area contributed by atoms with Crippen molar-refractivity contribution in [1.82, 2.24) is 10.2 Å². The molecule has 0 spiro atoms. The van der Waals surface area contributed by atoms with Crippen LogP contribution in [0.5, 0.6) is 0 Å². The van der Waals surface area contributed by atoms with Crippen LogP contribution in [0.15, 0.2) is 42.5 Å². The summed E-state index contributed by atoms with van der Waals surface area (Å²) in [6, 6.07) is 8.49. The molecule has 0 unspecified atom stereocenters. The predicted octanol–water partition coefficient (Wildman–Crippen LogP) is 3.68. The highest BCUT2D eigenvalue weighted by atomic mass is 19.1. The second kappa shape index (κ2) is 10.4. The number of nitrogens with one attached hydrogen (secondary N) is 3. The Kier molecular flexibility index (Phi) is 7.88. The zero-order valence-corrected chi connectivity index (χ0v) is 15.9. The number of likely N-dealkylation sites (N-methyl/N-ethyl adjacent to an activating group) is 1. The van der Waals surface area contributed by atoms with Crippen LogP contribution in [0, 0.1) is 11.6 Å². The fraction of sp³-hybridized carbons (Fsp3) is 0.300. The molecule has 0 heterocycles. The van der Waals surface area contributed by atoms with Crippen molar-refractivity contribution in [2.45, 2.75) is 13.8 Å². The Labute approximate surface area is 162 Å². The summed E-state index contributed by atoms with van der Waals surface area (Å²) in [4.78, 5) is 26.3. The molecule has 0 saturated carbocycles. The predicted molar refractivity (Wildman–Crippen MR) is 106 cm³/mol. The number of nitrogens with zero attached hydrogens (tertiary/aromatic N) is 1. The molecule has 8 heteroatoms. The topological polar surface area (TPSA) is 73.5 Å². The molecule has 0 aromatic heterocycles. The monoisotopic (exact) mass is 390 g/mol. The summed E-state index contributed by atoms with van der Waals surface area (Å²) in [6.45, 7) is 7.31. The third-order valence-electron chi connectivity index (χ3n) is 4.19. The highest BCUT2D eigenvalue weighted by molar-refractivity contribution is 6.00. The molecule has 28 heavy (non-hydrogen) atoms. The minimum atomic E-state index is -0.869. The lowest BCUT2D eigenvalue weighted by atomic mass is 10.2. The van der Waals surface area contributed by atoms with Gasteiger partial charge in [0.25, 0.3) is 5.91 Å². The van der Waals surface area contributed by atoms with Crippen LogP contribution in [0.4, 0.5) is 25.0 Å². The van der Waals surface area contributed by atoms with Crippen LogP contribution in [-0.4, -0.2) is 43.0 Å². The minimum absolute atomic E-state index is 0.136. The van der Waals surface area contributed by atoms with E-state index in [2.05, 4.69) is 34.7 Å². The van der Waals surface area contributed by atoms with E-state index in [4.69, 9.17) is 0 Å². The van der Waals surface area contributed by atoms with Crippen molar-refractivity contribution in [2.24, 2.45) is 0 Å². The van der Waals surface area contributed by atoms with Gasteiger partial charge in [-0.25, -0.2) is 13.6 Å². The first kappa shape index (κ1) is 21.3. The summed E-state index contributed by atoms with van der Waals surface area (Å²) < 4.78 is 26.4. The third-order valence-corrected chi connectivity index (χ3v) is 4.19. The quantitative estimate of drug-likeness (QED) is 0.644. The summed E-state index contributed by atoms with van der Waals surface area (Å²) in [5.74, 6) is -1.79. The van der Waals surface area contributed by atoms with E-state index in [0.717, 1.165) is 31.8 Å². The number of anilines is 2. The van der Waals surface area contributed by atoms with Gasteiger partial charge in [0.05, 0.1) is 5.69 Å². The van der Waals surface area contributed by atoms with Gasteiger partial charge in [0.2, 0.25) is 0 Å². The third kappa shape index (κ3) is 6.31. The fourth-order valence-corrected chi connectivity index (χ4v) is 2.55. The van der Waals surface area contributed by atoms with Crippen molar-refractivity contribution in [3.05, 3.63) is 59.7 Å². The first-order valence-electron chi connectivity index (χ1n) is 9.06. The number of urea groups is 1. The van der Waals surface area contributed by atoms with Gasteiger partial charge >= 0.3 is 6.03 Å². The number of hydrogen-bond donors (Lipinski definition) is 3. The molecule has 0 atom stereocenters. The van der Waals surface area contributed by atoms with Gasteiger partial charge in [0.15, 0.2) is 0 Å². The van der Waals surface area contributed by atoms with Gasteiger partial charge in [-0.05, 0) is 49.5 Å². The zero-order valence-electron chi connectivity index (χ0n) is 15.9. The molecule has 6 nitrogen and oxygen atoms in total. The molecule has 3 N–H and O–H groups in total. The van der Waals surface area contributed by atoms with Crippen LogP contribution < -0.4 is 16.0 Å². The van der Waals surface area contributed by atoms with Gasteiger partial charge in [0.1, 0.15) is 11.6 Å². The van der Waals surface area contributed by atoms with Crippen molar-refractivity contribution in [2.75, 3.05) is 36.8 Å². The Morgan fingerprint density at radius 2 is 1.64 bits per heavy atom. The smallest absolute Gasteiger partial charge is 0.323 e. The van der Waals surface area contributed by atoms with E-state index in [9.17, 15) is 18.4 Å². The molecular weight excluding hydrogens is 366 g/mol. The molecule has 150 valence electrons. The average Bonchev–Trinajstić information content (AvgIpc) is 2.68.